The summed E-state index contributed by atoms with van der Waals surface area (Å²) in [5, 5.41) is 3.13. The summed E-state index contributed by atoms with van der Waals surface area (Å²) < 4.78 is 0. The Morgan fingerprint density at radius 3 is 2.41 bits per heavy atom. The van der Waals surface area contributed by atoms with Gasteiger partial charge in [0, 0.05) is 42.1 Å². The highest BCUT2D eigenvalue weighted by Crippen LogP contribution is 2.25. The van der Waals surface area contributed by atoms with E-state index in [0.717, 1.165) is 25.6 Å². The van der Waals surface area contributed by atoms with E-state index in [1.165, 1.54) is 32.1 Å². The molecule has 0 bridgehead atoms. The van der Waals surface area contributed by atoms with Crippen LogP contribution in [0.2, 0.25) is 0 Å². The minimum absolute atomic E-state index is 0.0745. The first-order valence-electron chi connectivity index (χ1n) is 8.33. The Kier molecular flexibility index (Phi) is 4.52. The zero-order valence-electron chi connectivity index (χ0n) is 13.1. The molecule has 5 nitrogen and oxygen atoms in total. The number of hydrogen-bond acceptors (Lipinski definition) is 4. The van der Waals surface area contributed by atoms with Gasteiger partial charge in [0.05, 0.1) is 0 Å². The smallest absolute Gasteiger partial charge is 0.251 e. The van der Waals surface area contributed by atoms with Gasteiger partial charge in [0.1, 0.15) is 0 Å². The SMILES string of the molecule is Nc1cc(N)cc(C(=O)NC2CCN(C3CCCCC3)C2)c1. The molecule has 1 heterocycles. The number of hydrogen-bond donors (Lipinski definition) is 3. The highest BCUT2D eigenvalue weighted by molar-refractivity contribution is 5.96. The molecule has 5 heteroatoms. The molecule has 1 saturated carbocycles. The van der Waals surface area contributed by atoms with Crippen molar-refractivity contribution in [2.24, 2.45) is 0 Å². The second kappa shape index (κ2) is 6.57. The van der Waals surface area contributed by atoms with Crippen molar-refractivity contribution in [3.8, 4) is 0 Å². The van der Waals surface area contributed by atoms with Gasteiger partial charge in [-0.1, -0.05) is 19.3 Å². The van der Waals surface area contributed by atoms with Crippen molar-refractivity contribution in [1.82, 2.24) is 10.2 Å². The monoisotopic (exact) mass is 302 g/mol. The molecule has 0 aromatic heterocycles. The van der Waals surface area contributed by atoms with Crippen molar-refractivity contribution in [2.45, 2.75) is 50.6 Å². The minimum atomic E-state index is -0.0745. The van der Waals surface area contributed by atoms with Gasteiger partial charge in [-0.25, -0.2) is 0 Å². The van der Waals surface area contributed by atoms with E-state index < -0.39 is 0 Å². The first-order valence-corrected chi connectivity index (χ1v) is 8.33. The van der Waals surface area contributed by atoms with Crippen molar-refractivity contribution in [3.05, 3.63) is 23.8 Å². The van der Waals surface area contributed by atoms with Crippen LogP contribution < -0.4 is 16.8 Å². The molecule has 5 N–H and O–H groups in total. The van der Waals surface area contributed by atoms with Crippen LogP contribution >= 0.6 is 0 Å². The van der Waals surface area contributed by atoms with E-state index in [-0.39, 0.29) is 11.9 Å². The molecular formula is C17H26N4O. The summed E-state index contributed by atoms with van der Waals surface area (Å²) in [6, 6.07) is 5.98. The maximum Gasteiger partial charge on any atom is 0.251 e. The van der Waals surface area contributed by atoms with Gasteiger partial charge in [-0.3, -0.25) is 9.69 Å². The largest absolute Gasteiger partial charge is 0.399 e. The molecule has 2 aliphatic rings. The number of carbonyl (C=O) groups excluding carboxylic acids is 1. The Morgan fingerprint density at radius 2 is 1.73 bits per heavy atom. The molecule has 1 aromatic rings. The van der Waals surface area contributed by atoms with E-state index in [0.29, 0.717) is 16.9 Å². The molecule has 1 unspecified atom stereocenters. The summed E-state index contributed by atoms with van der Waals surface area (Å²) in [6.07, 6.45) is 7.72. The van der Waals surface area contributed by atoms with Crippen LogP contribution in [0.5, 0.6) is 0 Å². The van der Waals surface area contributed by atoms with Crippen LogP contribution in [0.3, 0.4) is 0 Å². The molecule has 0 radical (unpaired) electrons. The Balaban J connectivity index is 1.56. The third-order valence-corrected chi connectivity index (χ3v) is 4.89. The Hall–Kier alpha value is -1.75. The molecule has 3 rings (SSSR count). The summed E-state index contributed by atoms with van der Waals surface area (Å²) in [7, 11) is 0. The molecule has 1 aliphatic heterocycles. The maximum absolute atomic E-state index is 12.3. The maximum atomic E-state index is 12.3. The number of amides is 1. The van der Waals surface area contributed by atoms with Gasteiger partial charge in [-0.15, -0.1) is 0 Å². The highest BCUT2D eigenvalue weighted by Gasteiger charge is 2.29. The van der Waals surface area contributed by atoms with Crippen molar-refractivity contribution >= 4 is 17.3 Å². The number of nitrogen functional groups attached to an aromatic ring is 2. The summed E-state index contributed by atoms with van der Waals surface area (Å²) in [4.78, 5) is 14.9. The normalized spacial score (nSPS) is 23.5. The fourth-order valence-corrected chi connectivity index (χ4v) is 3.76. The van der Waals surface area contributed by atoms with E-state index in [1.807, 2.05) is 0 Å². The van der Waals surface area contributed by atoms with Crippen LogP contribution in [0.15, 0.2) is 18.2 Å². The molecule has 22 heavy (non-hydrogen) atoms. The number of nitrogens with zero attached hydrogens (tertiary/aromatic N) is 1. The van der Waals surface area contributed by atoms with Gasteiger partial charge in [0.15, 0.2) is 0 Å². The second-order valence-electron chi connectivity index (χ2n) is 6.63. The van der Waals surface area contributed by atoms with Gasteiger partial charge >= 0.3 is 0 Å². The topological polar surface area (TPSA) is 84.4 Å². The fourth-order valence-electron chi connectivity index (χ4n) is 3.76. The van der Waals surface area contributed by atoms with Crippen LogP contribution in [0.1, 0.15) is 48.9 Å². The number of benzene rings is 1. The lowest BCUT2D eigenvalue weighted by Gasteiger charge is -2.31. The van der Waals surface area contributed by atoms with Crippen molar-refractivity contribution in [2.75, 3.05) is 24.6 Å². The fraction of sp³-hybridized carbons (Fsp3) is 0.588. The van der Waals surface area contributed by atoms with E-state index >= 15 is 0 Å². The van der Waals surface area contributed by atoms with E-state index in [2.05, 4.69) is 10.2 Å². The average molecular weight is 302 g/mol. The molecule has 2 fully saturated rings. The van der Waals surface area contributed by atoms with Crippen molar-refractivity contribution in [3.63, 3.8) is 0 Å². The van der Waals surface area contributed by atoms with Gasteiger partial charge in [0.25, 0.3) is 5.91 Å². The Morgan fingerprint density at radius 1 is 1.05 bits per heavy atom. The van der Waals surface area contributed by atoms with Crippen LogP contribution in [0, 0.1) is 0 Å². The van der Waals surface area contributed by atoms with Crippen LogP contribution in [-0.4, -0.2) is 36.0 Å². The number of likely N-dealkylation sites (tertiary alicyclic amines) is 1. The lowest BCUT2D eigenvalue weighted by molar-refractivity contribution is 0.0934. The molecular weight excluding hydrogens is 276 g/mol. The van der Waals surface area contributed by atoms with Gasteiger partial charge in [-0.2, -0.15) is 0 Å². The van der Waals surface area contributed by atoms with E-state index in [9.17, 15) is 4.79 Å². The lowest BCUT2D eigenvalue weighted by atomic mass is 9.94. The van der Waals surface area contributed by atoms with Crippen molar-refractivity contribution < 1.29 is 4.79 Å². The zero-order chi connectivity index (χ0) is 15.5. The van der Waals surface area contributed by atoms with Crippen LogP contribution in [0.4, 0.5) is 11.4 Å². The van der Waals surface area contributed by atoms with Gasteiger partial charge in [0.2, 0.25) is 0 Å². The highest BCUT2D eigenvalue weighted by atomic mass is 16.1. The molecule has 1 aromatic carbocycles. The number of nitrogens with one attached hydrogen (secondary N) is 1. The molecule has 1 amide bonds. The second-order valence-corrected chi connectivity index (χ2v) is 6.63. The molecule has 120 valence electrons. The zero-order valence-corrected chi connectivity index (χ0v) is 13.1. The summed E-state index contributed by atoms with van der Waals surface area (Å²) in [5.41, 5.74) is 13.1. The Labute approximate surface area is 132 Å². The predicted molar refractivity (Wildman–Crippen MR) is 89.6 cm³/mol. The number of nitrogens with two attached hydrogens (primary N) is 2. The standard InChI is InChI=1S/C17H26N4O/c18-13-8-12(9-14(19)10-13)17(22)20-15-6-7-21(11-15)16-4-2-1-3-5-16/h8-10,15-16H,1-7,11,18-19H2,(H,20,22). The first-order chi connectivity index (χ1) is 10.6. The van der Waals surface area contributed by atoms with Gasteiger partial charge in [-0.05, 0) is 37.5 Å². The predicted octanol–water partition coefficient (Wildman–Crippen LogP) is 1.99. The van der Waals surface area contributed by atoms with E-state index in [1.54, 1.807) is 18.2 Å². The average Bonchev–Trinajstić information content (AvgIpc) is 2.95. The lowest BCUT2D eigenvalue weighted by Crippen LogP contribution is -2.40. The third kappa shape index (κ3) is 3.53. The van der Waals surface area contributed by atoms with Crippen LogP contribution in [0.25, 0.3) is 0 Å². The molecule has 1 aliphatic carbocycles. The molecule has 1 atom stereocenters. The summed E-state index contributed by atoms with van der Waals surface area (Å²) in [6.45, 7) is 2.06. The number of carbonyl (C=O) groups is 1. The molecule has 0 spiro atoms. The molecule has 1 saturated heterocycles. The summed E-state index contributed by atoms with van der Waals surface area (Å²) >= 11 is 0. The van der Waals surface area contributed by atoms with Crippen LogP contribution in [-0.2, 0) is 0 Å². The first kappa shape index (κ1) is 15.2. The quantitative estimate of drug-likeness (QED) is 0.746. The third-order valence-electron chi connectivity index (χ3n) is 4.89. The van der Waals surface area contributed by atoms with Crippen molar-refractivity contribution in [1.29, 1.82) is 0 Å². The number of rotatable bonds is 3. The van der Waals surface area contributed by atoms with Gasteiger partial charge < -0.3 is 16.8 Å². The Bertz CT molecular complexity index is 519. The number of anilines is 2. The van der Waals surface area contributed by atoms with E-state index in [4.69, 9.17) is 11.5 Å². The summed E-state index contributed by atoms with van der Waals surface area (Å²) in [5.74, 6) is -0.0745. The minimum Gasteiger partial charge on any atom is -0.399 e.